The number of pyridine rings is 1. The van der Waals surface area contributed by atoms with Gasteiger partial charge in [-0.2, -0.15) is 0 Å². The Bertz CT molecular complexity index is 1490. The third-order valence-electron chi connectivity index (χ3n) is 5.30. The zero-order valence-corrected chi connectivity index (χ0v) is 16.3. The molecule has 0 fully saturated rings. The lowest BCUT2D eigenvalue weighted by molar-refractivity contribution is 1.43. The Kier molecular flexibility index (Phi) is 3.64. The molecule has 0 aliphatic rings. The first-order valence-electron chi connectivity index (χ1n) is 9.55. The Morgan fingerprint density at radius 3 is 2.69 bits per heavy atom. The maximum atomic E-state index is 4.61. The zero-order valence-electron chi connectivity index (χ0n) is 15.5. The number of H-pyrrole nitrogens is 1. The number of rotatable bonds is 3. The van der Waals surface area contributed by atoms with Crippen LogP contribution in [-0.2, 0) is 0 Å². The largest absolute Gasteiger partial charge is 0.361 e. The first kappa shape index (κ1) is 16.3. The molecule has 6 aromatic rings. The fourth-order valence-corrected chi connectivity index (χ4v) is 4.84. The van der Waals surface area contributed by atoms with Gasteiger partial charge in [0.25, 0.3) is 0 Å². The standard InChI is InChI=1S/C25H17N3S/c1-2-4-17-13-19(6-5-16(17)3-1)24-15-21-23(10-12-27-25(21)29-24)28-20-7-8-22-18(14-20)9-11-26-22/h1-15,26H,(H,27,28). The van der Waals surface area contributed by atoms with Crippen molar-refractivity contribution in [3.05, 3.63) is 91.3 Å². The highest BCUT2D eigenvalue weighted by Gasteiger charge is 2.10. The van der Waals surface area contributed by atoms with E-state index in [4.69, 9.17) is 0 Å². The summed E-state index contributed by atoms with van der Waals surface area (Å²) < 4.78 is 0. The van der Waals surface area contributed by atoms with Gasteiger partial charge < -0.3 is 10.3 Å². The van der Waals surface area contributed by atoms with Crippen molar-refractivity contribution >= 4 is 54.6 Å². The summed E-state index contributed by atoms with van der Waals surface area (Å²) in [6.07, 6.45) is 3.84. The normalized spacial score (nSPS) is 11.4. The minimum atomic E-state index is 1.04. The Morgan fingerprint density at radius 1 is 0.793 bits per heavy atom. The smallest absolute Gasteiger partial charge is 0.125 e. The Hall–Kier alpha value is -3.63. The summed E-state index contributed by atoms with van der Waals surface area (Å²) in [4.78, 5) is 10.1. The van der Waals surface area contributed by atoms with Gasteiger partial charge in [0.2, 0.25) is 0 Å². The van der Waals surface area contributed by atoms with Crippen LogP contribution in [-0.4, -0.2) is 9.97 Å². The van der Waals surface area contributed by atoms with E-state index in [0.29, 0.717) is 0 Å². The number of nitrogens with zero attached hydrogens (tertiary/aromatic N) is 1. The molecule has 0 unspecified atom stereocenters. The van der Waals surface area contributed by atoms with E-state index in [1.54, 1.807) is 11.3 Å². The molecule has 0 atom stereocenters. The van der Waals surface area contributed by atoms with Crippen molar-refractivity contribution in [2.24, 2.45) is 0 Å². The molecule has 6 rings (SSSR count). The third kappa shape index (κ3) is 2.85. The van der Waals surface area contributed by atoms with Crippen LogP contribution in [0.4, 0.5) is 11.4 Å². The minimum absolute atomic E-state index is 1.04. The highest BCUT2D eigenvalue weighted by atomic mass is 32.1. The van der Waals surface area contributed by atoms with Crippen LogP contribution in [0.25, 0.3) is 42.3 Å². The van der Waals surface area contributed by atoms with Crippen LogP contribution in [0, 0.1) is 0 Å². The van der Waals surface area contributed by atoms with Crippen LogP contribution >= 0.6 is 11.3 Å². The first-order chi connectivity index (χ1) is 14.3. The van der Waals surface area contributed by atoms with Crippen LogP contribution in [0.2, 0.25) is 0 Å². The third-order valence-corrected chi connectivity index (χ3v) is 6.39. The predicted molar refractivity (Wildman–Crippen MR) is 124 cm³/mol. The number of aromatic amines is 1. The minimum Gasteiger partial charge on any atom is -0.361 e. The number of hydrogen-bond donors (Lipinski definition) is 2. The molecule has 0 saturated carbocycles. The van der Waals surface area contributed by atoms with Crippen molar-refractivity contribution in [3.8, 4) is 10.4 Å². The summed E-state index contributed by atoms with van der Waals surface area (Å²) in [7, 11) is 0. The molecule has 0 amide bonds. The lowest BCUT2D eigenvalue weighted by Crippen LogP contribution is -1.90. The molecule has 0 spiro atoms. The maximum absolute atomic E-state index is 4.61. The first-order valence-corrected chi connectivity index (χ1v) is 10.4. The number of thiophene rings is 1. The average molecular weight is 391 g/mol. The molecule has 138 valence electrons. The second-order valence-corrected chi connectivity index (χ2v) is 8.19. The van der Waals surface area contributed by atoms with Crippen molar-refractivity contribution in [2.75, 3.05) is 5.32 Å². The number of fused-ring (bicyclic) bond motifs is 3. The van der Waals surface area contributed by atoms with Gasteiger partial charge in [0, 0.05) is 39.2 Å². The Labute approximate surface area is 171 Å². The quantitative estimate of drug-likeness (QED) is 0.331. The van der Waals surface area contributed by atoms with Crippen molar-refractivity contribution in [3.63, 3.8) is 0 Å². The van der Waals surface area contributed by atoms with E-state index in [-0.39, 0.29) is 0 Å². The highest BCUT2D eigenvalue weighted by molar-refractivity contribution is 7.21. The molecule has 0 saturated heterocycles. The molecule has 3 aromatic carbocycles. The molecule has 0 aliphatic carbocycles. The van der Waals surface area contributed by atoms with Gasteiger partial charge in [0.05, 0.1) is 5.69 Å². The second-order valence-electron chi connectivity index (χ2n) is 7.15. The Balaban J connectivity index is 1.42. The summed E-state index contributed by atoms with van der Waals surface area (Å²) >= 11 is 1.73. The fraction of sp³-hybridized carbons (Fsp3) is 0. The summed E-state index contributed by atoms with van der Waals surface area (Å²) in [5.41, 5.74) is 4.52. The van der Waals surface area contributed by atoms with Gasteiger partial charge in [0.1, 0.15) is 4.83 Å². The van der Waals surface area contributed by atoms with E-state index in [2.05, 4.69) is 88.1 Å². The van der Waals surface area contributed by atoms with Gasteiger partial charge in [-0.3, -0.25) is 0 Å². The molecular formula is C25H17N3S. The van der Waals surface area contributed by atoms with Crippen molar-refractivity contribution in [1.29, 1.82) is 0 Å². The summed E-state index contributed by atoms with van der Waals surface area (Å²) in [6, 6.07) is 27.8. The topological polar surface area (TPSA) is 40.7 Å². The van der Waals surface area contributed by atoms with Crippen molar-refractivity contribution in [1.82, 2.24) is 9.97 Å². The lowest BCUT2D eigenvalue weighted by Gasteiger charge is -2.07. The van der Waals surface area contributed by atoms with Crippen LogP contribution in [0.15, 0.2) is 91.3 Å². The monoisotopic (exact) mass is 391 g/mol. The number of anilines is 2. The van der Waals surface area contributed by atoms with Gasteiger partial charge in [-0.1, -0.05) is 36.4 Å². The molecular weight excluding hydrogens is 374 g/mol. The molecule has 4 heteroatoms. The SMILES string of the molecule is c1ccc2cc(-c3cc4c(Nc5ccc6[nH]ccc6c5)ccnc4s3)ccc2c1. The molecule has 3 nitrogen and oxygen atoms in total. The Morgan fingerprint density at radius 2 is 1.72 bits per heavy atom. The zero-order chi connectivity index (χ0) is 19.2. The molecule has 0 bridgehead atoms. The van der Waals surface area contributed by atoms with E-state index in [9.17, 15) is 0 Å². The van der Waals surface area contributed by atoms with Crippen LogP contribution in [0.1, 0.15) is 0 Å². The molecule has 29 heavy (non-hydrogen) atoms. The van der Waals surface area contributed by atoms with Crippen LogP contribution in [0.5, 0.6) is 0 Å². The van der Waals surface area contributed by atoms with E-state index in [1.807, 2.05) is 18.5 Å². The van der Waals surface area contributed by atoms with E-state index < -0.39 is 0 Å². The number of aromatic nitrogens is 2. The molecule has 2 N–H and O–H groups in total. The predicted octanol–water partition coefficient (Wildman–Crippen LogP) is 7.34. The average Bonchev–Trinajstić information content (AvgIpc) is 3.40. The van der Waals surface area contributed by atoms with Gasteiger partial charge in [0.15, 0.2) is 0 Å². The van der Waals surface area contributed by atoms with E-state index >= 15 is 0 Å². The number of benzene rings is 3. The van der Waals surface area contributed by atoms with Gasteiger partial charge in [-0.15, -0.1) is 11.3 Å². The van der Waals surface area contributed by atoms with E-state index in [0.717, 1.165) is 27.1 Å². The van der Waals surface area contributed by atoms with Gasteiger partial charge in [-0.05, 0) is 58.8 Å². The van der Waals surface area contributed by atoms with Crippen LogP contribution < -0.4 is 5.32 Å². The second kappa shape index (κ2) is 6.47. The highest BCUT2D eigenvalue weighted by Crippen LogP contribution is 2.37. The van der Waals surface area contributed by atoms with Crippen molar-refractivity contribution < 1.29 is 0 Å². The maximum Gasteiger partial charge on any atom is 0.125 e. The summed E-state index contributed by atoms with van der Waals surface area (Å²) in [5.74, 6) is 0. The molecule has 3 aromatic heterocycles. The van der Waals surface area contributed by atoms with Gasteiger partial charge in [-0.25, -0.2) is 4.98 Å². The summed E-state index contributed by atoms with van der Waals surface area (Å²) in [6.45, 7) is 0. The van der Waals surface area contributed by atoms with Crippen molar-refractivity contribution in [2.45, 2.75) is 0 Å². The van der Waals surface area contributed by atoms with Crippen LogP contribution in [0.3, 0.4) is 0 Å². The summed E-state index contributed by atoms with van der Waals surface area (Å²) in [5, 5.41) is 8.44. The number of hydrogen-bond acceptors (Lipinski definition) is 3. The molecule has 0 radical (unpaired) electrons. The van der Waals surface area contributed by atoms with Gasteiger partial charge >= 0.3 is 0 Å². The number of nitrogens with one attached hydrogen (secondary N) is 2. The lowest BCUT2D eigenvalue weighted by atomic mass is 10.1. The fourth-order valence-electron chi connectivity index (χ4n) is 3.82. The molecule has 3 heterocycles. The van der Waals surface area contributed by atoms with E-state index in [1.165, 1.54) is 26.6 Å². The molecule has 0 aliphatic heterocycles.